The molecule has 9 nitrogen and oxygen atoms in total. The molecule has 0 radical (unpaired) electrons. The molecule has 4 rings (SSSR count). The van der Waals surface area contributed by atoms with Gasteiger partial charge in [-0.05, 0) is 30.2 Å². The van der Waals surface area contributed by atoms with Gasteiger partial charge in [0.25, 0.3) is 0 Å². The van der Waals surface area contributed by atoms with Crippen LogP contribution in [0.25, 0.3) is 22.0 Å². The standard InChI is InChI=1S/C23H26NO8P/c1-4-10-30-19-12-16-9-11-31-23(16)20-21(19)24(14-32-33(26,27)29-3)13-18(22(20)25)15-5-7-17(28-2)8-6-15/h5-8,12-13H,4,9-11,14H2,1-3H3,(H,26,27). The number of ether oxygens (including phenoxy) is 3. The fraction of sp³-hybridized carbons (Fsp3) is 0.348. The van der Waals surface area contributed by atoms with Gasteiger partial charge in [-0.1, -0.05) is 19.1 Å². The largest absolute Gasteiger partial charge is 0.497 e. The van der Waals surface area contributed by atoms with Gasteiger partial charge >= 0.3 is 7.82 Å². The van der Waals surface area contributed by atoms with Gasteiger partial charge in [-0.3, -0.25) is 13.8 Å². The molecule has 1 aliphatic heterocycles. The van der Waals surface area contributed by atoms with Crippen molar-refractivity contribution < 1.29 is 32.7 Å². The highest BCUT2D eigenvalue weighted by Crippen LogP contribution is 2.44. The summed E-state index contributed by atoms with van der Waals surface area (Å²) < 4.78 is 40.3. The average molecular weight is 475 g/mol. The third kappa shape index (κ3) is 4.63. The monoisotopic (exact) mass is 475 g/mol. The van der Waals surface area contributed by atoms with Gasteiger partial charge in [0.15, 0.2) is 0 Å². The summed E-state index contributed by atoms with van der Waals surface area (Å²) in [6.07, 6.45) is 3.02. The molecule has 1 N–H and O–H groups in total. The zero-order chi connectivity index (χ0) is 23.6. The van der Waals surface area contributed by atoms with Gasteiger partial charge in [0.2, 0.25) is 5.43 Å². The molecule has 1 atom stereocenters. The van der Waals surface area contributed by atoms with E-state index in [-0.39, 0.29) is 12.2 Å². The van der Waals surface area contributed by atoms with Gasteiger partial charge in [0.1, 0.15) is 29.5 Å². The van der Waals surface area contributed by atoms with Crippen LogP contribution in [-0.4, -0.2) is 36.9 Å². The zero-order valence-electron chi connectivity index (χ0n) is 18.7. The molecule has 10 heteroatoms. The van der Waals surface area contributed by atoms with Crippen molar-refractivity contribution in [2.75, 3.05) is 27.4 Å². The summed E-state index contributed by atoms with van der Waals surface area (Å²) in [5.74, 6) is 1.65. The highest BCUT2D eigenvalue weighted by molar-refractivity contribution is 7.47. The maximum absolute atomic E-state index is 13.7. The average Bonchev–Trinajstić information content (AvgIpc) is 3.30. The Bertz CT molecular complexity index is 1270. The SMILES string of the molecule is CCCOc1cc2c(c3c(=O)c(-c4ccc(OC)cc4)cn(COP(=O)(O)OC)c13)OCC2. The smallest absolute Gasteiger partial charge is 0.473 e. The molecule has 0 aliphatic carbocycles. The second-order valence-corrected chi connectivity index (χ2v) is 9.07. The minimum Gasteiger partial charge on any atom is -0.497 e. The number of benzene rings is 2. The predicted molar refractivity (Wildman–Crippen MR) is 123 cm³/mol. The number of phosphoric acid groups is 1. The molecule has 0 fully saturated rings. The van der Waals surface area contributed by atoms with Crippen molar-refractivity contribution >= 4 is 18.7 Å². The van der Waals surface area contributed by atoms with Crippen molar-refractivity contribution in [3.8, 4) is 28.4 Å². The molecule has 3 aromatic rings. The Labute approximate surface area is 191 Å². The van der Waals surface area contributed by atoms with Crippen LogP contribution in [0.5, 0.6) is 17.2 Å². The van der Waals surface area contributed by atoms with Gasteiger partial charge in [-0.2, -0.15) is 0 Å². The van der Waals surface area contributed by atoms with E-state index in [1.807, 2.05) is 13.0 Å². The molecular weight excluding hydrogens is 449 g/mol. The Morgan fingerprint density at radius 2 is 1.97 bits per heavy atom. The van der Waals surface area contributed by atoms with Gasteiger partial charge in [-0.25, -0.2) is 4.57 Å². The van der Waals surface area contributed by atoms with E-state index >= 15 is 0 Å². The van der Waals surface area contributed by atoms with Crippen LogP contribution in [0.4, 0.5) is 0 Å². The summed E-state index contributed by atoms with van der Waals surface area (Å²) in [6.45, 7) is 2.54. The topological polar surface area (TPSA) is 105 Å². The summed E-state index contributed by atoms with van der Waals surface area (Å²) >= 11 is 0. The summed E-state index contributed by atoms with van der Waals surface area (Å²) in [5.41, 5.74) is 2.12. The molecule has 2 heterocycles. The molecule has 2 aromatic carbocycles. The van der Waals surface area contributed by atoms with E-state index in [0.29, 0.717) is 58.9 Å². The van der Waals surface area contributed by atoms with E-state index < -0.39 is 7.82 Å². The molecule has 0 bridgehead atoms. The fourth-order valence-corrected chi connectivity index (χ4v) is 4.17. The Hall–Kier alpha value is -2.84. The van der Waals surface area contributed by atoms with E-state index in [1.54, 1.807) is 42.1 Å². The van der Waals surface area contributed by atoms with Crippen molar-refractivity contribution in [2.24, 2.45) is 0 Å². The molecule has 1 aliphatic rings. The molecule has 0 amide bonds. The number of hydrogen-bond donors (Lipinski definition) is 1. The first-order chi connectivity index (χ1) is 15.9. The van der Waals surface area contributed by atoms with Crippen molar-refractivity contribution in [3.63, 3.8) is 0 Å². The normalized spacial score (nSPS) is 14.5. The zero-order valence-corrected chi connectivity index (χ0v) is 19.6. The van der Waals surface area contributed by atoms with Crippen molar-refractivity contribution in [2.45, 2.75) is 26.5 Å². The van der Waals surface area contributed by atoms with Crippen molar-refractivity contribution in [3.05, 3.63) is 52.3 Å². The minimum absolute atomic E-state index is 0.231. The third-order valence-corrected chi connectivity index (χ3v) is 6.31. The van der Waals surface area contributed by atoms with Crippen LogP contribution in [0.15, 0.2) is 41.3 Å². The van der Waals surface area contributed by atoms with Crippen molar-refractivity contribution in [1.29, 1.82) is 0 Å². The highest BCUT2D eigenvalue weighted by Gasteiger charge is 2.26. The van der Waals surface area contributed by atoms with Gasteiger partial charge in [0, 0.05) is 30.9 Å². The maximum atomic E-state index is 13.7. The molecule has 176 valence electrons. The van der Waals surface area contributed by atoms with Crippen LogP contribution < -0.4 is 19.6 Å². The number of pyridine rings is 1. The number of phosphoric ester groups is 1. The lowest BCUT2D eigenvalue weighted by atomic mass is 10.0. The number of fused-ring (bicyclic) bond motifs is 3. The molecule has 0 saturated carbocycles. The van der Waals surface area contributed by atoms with Crippen LogP contribution in [0.2, 0.25) is 0 Å². The summed E-state index contributed by atoms with van der Waals surface area (Å²) in [6, 6.07) is 8.93. The molecule has 1 aromatic heterocycles. The Balaban J connectivity index is 1.99. The van der Waals surface area contributed by atoms with Crippen LogP contribution in [0.1, 0.15) is 18.9 Å². The van der Waals surface area contributed by atoms with Gasteiger partial charge in [-0.15, -0.1) is 0 Å². The third-order valence-electron chi connectivity index (χ3n) is 5.41. The molecule has 0 spiro atoms. The molecular formula is C23H26NO8P. The Kier molecular flexibility index (Phi) is 6.76. The number of rotatable bonds is 9. The molecule has 0 saturated heterocycles. The van der Waals surface area contributed by atoms with E-state index in [1.165, 1.54) is 0 Å². The number of methoxy groups -OCH3 is 1. The first kappa shape index (κ1) is 23.3. The first-order valence-electron chi connectivity index (χ1n) is 10.5. The van der Waals surface area contributed by atoms with Crippen molar-refractivity contribution in [1.82, 2.24) is 4.57 Å². The number of aromatic nitrogens is 1. The van der Waals surface area contributed by atoms with Gasteiger partial charge < -0.3 is 23.7 Å². The lowest BCUT2D eigenvalue weighted by Crippen LogP contribution is -2.15. The fourth-order valence-electron chi connectivity index (χ4n) is 3.79. The summed E-state index contributed by atoms with van der Waals surface area (Å²) in [7, 11) is -1.61. The Morgan fingerprint density at radius 1 is 1.21 bits per heavy atom. The first-order valence-corrected chi connectivity index (χ1v) is 12.0. The predicted octanol–water partition coefficient (Wildman–Crippen LogP) is 4.12. The number of nitrogens with zero attached hydrogens (tertiary/aromatic N) is 1. The van der Waals surface area contributed by atoms with Gasteiger partial charge in [0.05, 0.1) is 25.7 Å². The van der Waals surface area contributed by atoms with Crippen LogP contribution in [0.3, 0.4) is 0 Å². The summed E-state index contributed by atoms with van der Waals surface area (Å²) in [4.78, 5) is 23.5. The highest BCUT2D eigenvalue weighted by atomic mass is 31.2. The molecule has 1 unspecified atom stereocenters. The second kappa shape index (κ2) is 9.57. The lowest BCUT2D eigenvalue weighted by Gasteiger charge is -2.19. The maximum Gasteiger partial charge on any atom is 0.473 e. The Morgan fingerprint density at radius 3 is 2.64 bits per heavy atom. The number of hydrogen-bond acceptors (Lipinski definition) is 7. The van der Waals surface area contributed by atoms with E-state index in [4.69, 9.17) is 18.7 Å². The molecule has 33 heavy (non-hydrogen) atoms. The lowest BCUT2D eigenvalue weighted by molar-refractivity contribution is 0.138. The minimum atomic E-state index is -4.27. The van der Waals surface area contributed by atoms with Crippen LogP contribution in [-0.2, 0) is 26.8 Å². The van der Waals surface area contributed by atoms with Crippen LogP contribution >= 0.6 is 7.82 Å². The van der Waals surface area contributed by atoms with E-state index in [2.05, 4.69) is 4.52 Å². The second-order valence-electron chi connectivity index (χ2n) is 7.51. The van der Waals surface area contributed by atoms with E-state index in [9.17, 15) is 14.3 Å². The summed E-state index contributed by atoms with van der Waals surface area (Å²) in [5, 5.41) is 0.346. The van der Waals surface area contributed by atoms with E-state index in [0.717, 1.165) is 19.1 Å². The van der Waals surface area contributed by atoms with Crippen LogP contribution in [0, 0.1) is 0 Å². The quantitative estimate of drug-likeness (QED) is 0.461.